The minimum Gasteiger partial charge on any atom is -0.392 e. The van der Waals surface area contributed by atoms with Crippen LogP contribution in [0.5, 0.6) is 0 Å². The van der Waals surface area contributed by atoms with Crippen molar-refractivity contribution >= 4 is 17.2 Å². The third kappa shape index (κ3) is 3.52. The Morgan fingerprint density at radius 2 is 1.85 bits per heavy atom. The van der Waals surface area contributed by atoms with E-state index in [9.17, 15) is 0 Å². The summed E-state index contributed by atoms with van der Waals surface area (Å²) >= 11 is 5.22. The smallest absolute Gasteiger partial charge is 0.0928 e. The first kappa shape index (κ1) is 16.2. The molecule has 2 aliphatic rings. The van der Waals surface area contributed by atoms with Crippen LogP contribution in [0, 0.1) is 5.92 Å². The summed E-state index contributed by atoms with van der Waals surface area (Å²) in [5.41, 5.74) is 5.75. The lowest BCUT2D eigenvalue weighted by Crippen LogP contribution is -2.60. The van der Waals surface area contributed by atoms with Gasteiger partial charge in [-0.05, 0) is 32.6 Å². The molecule has 2 rings (SSSR count). The van der Waals surface area contributed by atoms with Gasteiger partial charge in [-0.2, -0.15) is 0 Å². The van der Waals surface area contributed by atoms with Crippen molar-refractivity contribution in [2.75, 3.05) is 26.2 Å². The molecule has 1 aliphatic heterocycles. The Labute approximate surface area is 129 Å². The number of rotatable bonds is 4. The first-order valence-corrected chi connectivity index (χ1v) is 8.65. The third-order valence-electron chi connectivity index (χ3n) is 5.56. The summed E-state index contributed by atoms with van der Waals surface area (Å²) in [4.78, 5) is 5.79. The van der Waals surface area contributed by atoms with Gasteiger partial charge in [-0.25, -0.2) is 0 Å². The van der Waals surface area contributed by atoms with E-state index in [0.29, 0.717) is 4.99 Å². The topological polar surface area (TPSA) is 32.5 Å². The Balaban J connectivity index is 1.86. The average molecular weight is 298 g/mol. The van der Waals surface area contributed by atoms with Crippen molar-refractivity contribution in [1.82, 2.24) is 9.80 Å². The summed E-state index contributed by atoms with van der Waals surface area (Å²) < 4.78 is 0. The van der Waals surface area contributed by atoms with Gasteiger partial charge < -0.3 is 5.73 Å². The van der Waals surface area contributed by atoms with Gasteiger partial charge in [-0.1, -0.05) is 38.4 Å². The highest BCUT2D eigenvalue weighted by Gasteiger charge is 2.34. The quantitative estimate of drug-likeness (QED) is 0.809. The maximum Gasteiger partial charge on any atom is 0.0928 e. The van der Waals surface area contributed by atoms with Gasteiger partial charge in [0.15, 0.2) is 0 Å². The minimum absolute atomic E-state index is 0.139. The molecular formula is C16H31N3S. The van der Waals surface area contributed by atoms with Gasteiger partial charge in [0.25, 0.3) is 0 Å². The highest BCUT2D eigenvalue weighted by atomic mass is 32.1. The molecule has 20 heavy (non-hydrogen) atoms. The minimum atomic E-state index is -0.139. The Morgan fingerprint density at radius 3 is 2.40 bits per heavy atom. The molecule has 1 heterocycles. The first-order valence-electron chi connectivity index (χ1n) is 8.24. The second-order valence-electron chi connectivity index (χ2n) is 7.04. The molecule has 1 saturated carbocycles. The Hall–Kier alpha value is -0.190. The molecule has 0 amide bonds. The van der Waals surface area contributed by atoms with Gasteiger partial charge in [0, 0.05) is 32.2 Å². The van der Waals surface area contributed by atoms with E-state index in [-0.39, 0.29) is 5.54 Å². The van der Waals surface area contributed by atoms with Crippen LogP contribution >= 0.6 is 12.2 Å². The van der Waals surface area contributed by atoms with Crippen LogP contribution in [0.25, 0.3) is 0 Å². The third-order valence-corrected chi connectivity index (χ3v) is 6.06. The second kappa shape index (κ2) is 6.71. The monoisotopic (exact) mass is 297 g/mol. The molecule has 2 atom stereocenters. The highest BCUT2D eigenvalue weighted by molar-refractivity contribution is 7.80. The molecule has 0 radical (unpaired) electrons. The van der Waals surface area contributed by atoms with Gasteiger partial charge in [0.1, 0.15) is 0 Å². The summed E-state index contributed by atoms with van der Waals surface area (Å²) in [7, 11) is 0. The van der Waals surface area contributed by atoms with Crippen LogP contribution in [0.15, 0.2) is 0 Å². The van der Waals surface area contributed by atoms with Crippen molar-refractivity contribution in [3.8, 4) is 0 Å². The molecule has 2 unspecified atom stereocenters. The fraction of sp³-hybridized carbons (Fsp3) is 0.938. The Morgan fingerprint density at radius 1 is 1.20 bits per heavy atom. The van der Waals surface area contributed by atoms with Crippen LogP contribution in [0.4, 0.5) is 0 Å². The van der Waals surface area contributed by atoms with Crippen molar-refractivity contribution < 1.29 is 0 Å². The molecule has 3 nitrogen and oxygen atoms in total. The van der Waals surface area contributed by atoms with Crippen LogP contribution < -0.4 is 5.73 Å². The first-order chi connectivity index (χ1) is 9.45. The lowest BCUT2D eigenvalue weighted by molar-refractivity contribution is 0.0411. The standard InChI is InChI=1S/C16H31N3S/c1-4-13-6-5-7-14(12-13)18-8-10-19(11-9-18)16(2,3)15(17)20/h13-14H,4-12H2,1-3H3,(H2,17,20). The summed E-state index contributed by atoms with van der Waals surface area (Å²) in [6.45, 7) is 11.2. The molecule has 0 aromatic carbocycles. The molecule has 0 aromatic heterocycles. The van der Waals surface area contributed by atoms with E-state index in [1.165, 1.54) is 45.2 Å². The maximum absolute atomic E-state index is 5.89. The Kier molecular flexibility index (Phi) is 5.43. The normalized spacial score (nSPS) is 30.4. The van der Waals surface area contributed by atoms with Crippen molar-refractivity contribution in [3.05, 3.63) is 0 Å². The molecular weight excluding hydrogens is 266 g/mol. The zero-order valence-electron chi connectivity index (χ0n) is 13.4. The fourth-order valence-corrected chi connectivity index (χ4v) is 3.90. The highest BCUT2D eigenvalue weighted by Crippen LogP contribution is 2.30. The zero-order valence-corrected chi connectivity index (χ0v) is 14.2. The lowest BCUT2D eigenvalue weighted by Gasteiger charge is -2.46. The van der Waals surface area contributed by atoms with E-state index in [0.717, 1.165) is 25.0 Å². The van der Waals surface area contributed by atoms with Crippen LogP contribution in [-0.2, 0) is 0 Å². The number of thiocarbonyl (C=S) groups is 1. The molecule has 4 heteroatoms. The van der Waals surface area contributed by atoms with Crippen molar-refractivity contribution in [2.24, 2.45) is 11.7 Å². The SMILES string of the molecule is CCC1CCCC(N2CCN(C(C)(C)C(N)=S)CC2)C1. The molecule has 116 valence electrons. The predicted molar refractivity (Wildman–Crippen MR) is 90.0 cm³/mol. The molecule has 0 spiro atoms. The number of piperazine rings is 1. The summed E-state index contributed by atoms with van der Waals surface area (Å²) in [5, 5.41) is 0. The van der Waals surface area contributed by atoms with E-state index >= 15 is 0 Å². The number of nitrogens with two attached hydrogens (primary N) is 1. The van der Waals surface area contributed by atoms with Crippen LogP contribution in [0.1, 0.15) is 52.9 Å². The van der Waals surface area contributed by atoms with E-state index in [1.54, 1.807) is 0 Å². The predicted octanol–water partition coefficient (Wildman–Crippen LogP) is 2.64. The van der Waals surface area contributed by atoms with Crippen LogP contribution in [-0.4, -0.2) is 52.5 Å². The van der Waals surface area contributed by atoms with Gasteiger partial charge >= 0.3 is 0 Å². The van der Waals surface area contributed by atoms with Crippen molar-refractivity contribution in [1.29, 1.82) is 0 Å². The zero-order chi connectivity index (χ0) is 14.8. The second-order valence-corrected chi connectivity index (χ2v) is 7.48. The largest absolute Gasteiger partial charge is 0.392 e. The van der Waals surface area contributed by atoms with Crippen molar-refractivity contribution in [2.45, 2.75) is 64.5 Å². The molecule has 0 bridgehead atoms. The molecule has 1 saturated heterocycles. The molecule has 2 fully saturated rings. The van der Waals surface area contributed by atoms with E-state index < -0.39 is 0 Å². The Bertz CT molecular complexity index is 335. The summed E-state index contributed by atoms with van der Waals surface area (Å²) in [6, 6.07) is 0.823. The average Bonchev–Trinajstić information content (AvgIpc) is 2.47. The molecule has 1 aliphatic carbocycles. The molecule has 2 N–H and O–H groups in total. The number of hydrogen-bond acceptors (Lipinski definition) is 3. The van der Waals surface area contributed by atoms with Crippen molar-refractivity contribution in [3.63, 3.8) is 0 Å². The summed E-state index contributed by atoms with van der Waals surface area (Å²) in [5.74, 6) is 0.958. The van der Waals surface area contributed by atoms with Gasteiger partial charge in [-0.15, -0.1) is 0 Å². The number of nitrogens with zero attached hydrogens (tertiary/aromatic N) is 2. The van der Waals surface area contributed by atoms with E-state index in [1.807, 2.05) is 0 Å². The maximum atomic E-state index is 5.89. The van der Waals surface area contributed by atoms with Gasteiger partial charge in [0.2, 0.25) is 0 Å². The van der Waals surface area contributed by atoms with Crippen LogP contribution in [0.3, 0.4) is 0 Å². The molecule has 0 aromatic rings. The van der Waals surface area contributed by atoms with E-state index in [4.69, 9.17) is 18.0 Å². The lowest BCUT2D eigenvalue weighted by atomic mass is 9.83. The van der Waals surface area contributed by atoms with Crippen LogP contribution in [0.2, 0.25) is 0 Å². The number of hydrogen-bond donors (Lipinski definition) is 1. The van der Waals surface area contributed by atoms with Gasteiger partial charge in [0.05, 0.1) is 10.5 Å². The fourth-order valence-electron chi connectivity index (χ4n) is 3.77. The van der Waals surface area contributed by atoms with Gasteiger partial charge in [-0.3, -0.25) is 9.80 Å². The van der Waals surface area contributed by atoms with E-state index in [2.05, 4.69) is 30.6 Å². The summed E-state index contributed by atoms with van der Waals surface area (Å²) in [6.07, 6.45) is 7.03.